The summed E-state index contributed by atoms with van der Waals surface area (Å²) in [5.74, 6) is 0. The van der Waals surface area contributed by atoms with Crippen LogP contribution in [-0.2, 0) is 19.5 Å². The van der Waals surface area contributed by atoms with Crippen LogP contribution in [0.5, 0.6) is 0 Å². The zero-order valence-corrected chi connectivity index (χ0v) is 14.2. The molecule has 0 radical (unpaired) electrons. The average Bonchev–Trinajstić information content (AvgIpc) is 2.70. The van der Waals surface area contributed by atoms with Crippen molar-refractivity contribution >= 4 is 34.2 Å². The number of aryl methyl sites for hydroxylation is 2. The molecule has 18 heavy (non-hydrogen) atoms. The van der Waals surface area contributed by atoms with E-state index in [0.29, 0.717) is 0 Å². The monoisotopic (exact) mass is 383 g/mol. The minimum atomic E-state index is 0.823. The van der Waals surface area contributed by atoms with Gasteiger partial charge >= 0.3 is 0 Å². The van der Waals surface area contributed by atoms with E-state index in [0.717, 1.165) is 42.5 Å². The molecule has 0 fully saturated rings. The van der Waals surface area contributed by atoms with Crippen molar-refractivity contribution in [2.45, 2.75) is 52.6 Å². The molecule has 0 saturated carbocycles. The number of nitrogens with one attached hydrogen (secondary N) is 1. The molecule has 1 aromatic heterocycles. The molecule has 0 aliphatic rings. The third-order valence-corrected chi connectivity index (χ3v) is 4.17. The van der Waals surface area contributed by atoms with Crippen LogP contribution < -0.4 is 5.32 Å². The first kappa shape index (κ1) is 16.2. The molecule has 1 rings (SSSR count). The van der Waals surface area contributed by atoms with E-state index < -0.39 is 0 Å². The fourth-order valence-electron chi connectivity index (χ4n) is 1.91. The van der Waals surface area contributed by atoms with E-state index in [1.54, 1.807) is 0 Å². The van der Waals surface area contributed by atoms with Gasteiger partial charge in [-0.25, -0.2) is 0 Å². The largest absolute Gasteiger partial charge is 0.311 e. The van der Waals surface area contributed by atoms with Gasteiger partial charge in [0.15, 0.2) is 0 Å². The first-order valence-electron chi connectivity index (χ1n) is 6.75. The highest BCUT2D eigenvalue weighted by molar-refractivity contribution is 14.1. The average molecular weight is 384 g/mol. The Morgan fingerprint density at radius 3 is 2.67 bits per heavy atom. The minimum Gasteiger partial charge on any atom is -0.311 e. The summed E-state index contributed by atoms with van der Waals surface area (Å²) in [7, 11) is 0. The quantitative estimate of drug-likeness (QED) is 0.399. The second-order valence-electron chi connectivity index (χ2n) is 4.30. The van der Waals surface area contributed by atoms with E-state index in [4.69, 9.17) is 11.6 Å². The van der Waals surface area contributed by atoms with Crippen molar-refractivity contribution in [3.05, 3.63) is 16.4 Å². The van der Waals surface area contributed by atoms with Gasteiger partial charge in [-0.05, 0) is 37.2 Å². The molecule has 104 valence electrons. The molecule has 1 aromatic rings. The zero-order chi connectivity index (χ0) is 13.4. The molecular weight excluding hydrogens is 361 g/mol. The van der Waals surface area contributed by atoms with Crippen molar-refractivity contribution in [1.82, 2.24) is 15.1 Å². The van der Waals surface area contributed by atoms with Crippen LogP contribution in [0.15, 0.2) is 0 Å². The standard InChI is InChI=1S/C13H23ClIN3/c1-3-11-13(14)12(18(4-2)17-11)10-16-9-7-5-6-8-15/h16H,3-10H2,1-2H3. The van der Waals surface area contributed by atoms with Crippen LogP contribution in [0.4, 0.5) is 0 Å². The molecule has 0 bridgehead atoms. The first-order chi connectivity index (χ1) is 8.74. The summed E-state index contributed by atoms with van der Waals surface area (Å²) < 4.78 is 3.27. The molecule has 1 N–H and O–H groups in total. The summed E-state index contributed by atoms with van der Waals surface area (Å²) in [6.45, 7) is 6.96. The smallest absolute Gasteiger partial charge is 0.0863 e. The summed E-state index contributed by atoms with van der Waals surface area (Å²) in [6.07, 6.45) is 4.75. The van der Waals surface area contributed by atoms with Gasteiger partial charge in [0.05, 0.1) is 16.4 Å². The van der Waals surface area contributed by atoms with E-state index in [1.165, 1.54) is 23.7 Å². The summed E-state index contributed by atoms with van der Waals surface area (Å²) in [4.78, 5) is 0. The second-order valence-corrected chi connectivity index (χ2v) is 5.76. The molecule has 0 atom stereocenters. The molecule has 0 amide bonds. The van der Waals surface area contributed by atoms with Crippen LogP contribution in [0.1, 0.15) is 44.5 Å². The lowest BCUT2D eigenvalue weighted by Gasteiger charge is -2.07. The summed E-state index contributed by atoms with van der Waals surface area (Å²) in [6, 6.07) is 0. The number of halogens is 2. The maximum Gasteiger partial charge on any atom is 0.0863 e. The fraction of sp³-hybridized carbons (Fsp3) is 0.769. The van der Waals surface area contributed by atoms with Crippen molar-refractivity contribution in [3.8, 4) is 0 Å². The second kappa shape index (κ2) is 9.15. The maximum atomic E-state index is 6.35. The van der Waals surface area contributed by atoms with E-state index in [1.807, 2.05) is 4.68 Å². The van der Waals surface area contributed by atoms with Crippen molar-refractivity contribution in [3.63, 3.8) is 0 Å². The Morgan fingerprint density at radius 2 is 2.06 bits per heavy atom. The SMILES string of the molecule is CCc1nn(CC)c(CNCCCCCI)c1Cl. The number of alkyl halides is 1. The van der Waals surface area contributed by atoms with Gasteiger partial charge in [-0.3, -0.25) is 4.68 Å². The first-order valence-corrected chi connectivity index (χ1v) is 8.65. The lowest BCUT2D eigenvalue weighted by molar-refractivity contribution is 0.562. The summed E-state index contributed by atoms with van der Waals surface area (Å²) in [5.41, 5.74) is 2.14. The number of rotatable bonds is 9. The zero-order valence-electron chi connectivity index (χ0n) is 11.3. The van der Waals surface area contributed by atoms with E-state index in [2.05, 4.69) is 46.9 Å². The maximum absolute atomic E-state index is 6.35. The van der Waals surface area contributed by atoms with Gasteiger partial charge in [-0.1, -0.05) is 47.5 Å². The molecule has 0 aliphatic carbocycles. The predicted molar refractivity (Wildman–Crippen MR) is 86.7 cm³/mol. The lowest BCUT2D eigenvalue weighted by atomic mass is 10.2. The Labute approximate surface area is 129 Å². The Balaban J connectivity index is 2.43. The van der Waals surface area contributed by atoms with Crippen molar-refractivity contribution in [1.29, 1.82) is 0 Å². The van der Waals surface area contributed by atoms with Gasteiger partial charge in [0.1, 0.15) is 0 Å². The lowest BCUT2D eigenvalue weighted by Crippen LogP contribution is -2.18. The topological polar surface area (TPSA) is 29.9 Å². The third kappa shape index (κ3) is 4.70. The molecule has 0 unspecified atom stereocenters. The molecule has 1 heterocycles. The molecule has 0 aromatic carbocycles. The van der Waals surface area contributed by atoms with E-state index in [9.17, 15) is 0 Å². The van der Waals surface area contributed by atoms with Crippen molar-refractivity contribution in [2.75, 3.05) is 11.0 Å². The number of nitrogens with zero attached hydrogens (tertiary/aromatic N) is 2. The fourth-order valence-corrected chi connectivity index (χ4v) is 2.79. The van der Waals surface area contributed by atoms with Gasteiger partial charge in [0, 0.05) is 13.1 Å². The third-order valence-electron chi connectivity index (χ3n) is 2.97. The normalized spacial score (nSPS) is 11.1. The molecule has 5 heteroatoms. The van der Waals surface area contributed by atoms with E-state index in [-0.39, 0.29) is 0 Å². The molecule has 3 nitrogen and oxygen atoms in total. The Morgan fingerprint density at radius 1 is 1.28 bits per heavy atom. The van der Waals surface area contributed by atoms with Gasteiger partial charge in [-0.15, -0.1) is 0 Å². The van der Waals surface area contributed by atoms with Gasteiger partial charge in [0.2, 0.25) is 0 Å². The predicted octanol–water partition coefficient (Wildman–Crippen LogP) is 3.81. The van der Waals surface area contributed by atoms with Gasteiger partial charge in [-0.2, -0.15) is 5.10 Å². The summed E-state index contributed by atoms with van der Waals surface area (Å²) >= 11 is 8.78. The summed E-state index contributed by atoms with van der Waals surface area (Å²) in [5, 5.41) is 8.83. The Hall–Kier alpha value is 0.190. The molecule has 0 saturated heterocycles. The van der Waals surface area contributed by atoms with Crippen LogP contribution in [-0.4, -0.2) is 20.8 Å². The highest BCUT2D eigenvalue weighted by Gasteiger charge is 2.13. The van der Waals surface area contributed by atoms with Crippen LogP contribution in [0.25, 0.3) is 0 Å². The number of unbranched alkanes of at least 4 members (excludes halogenated alkanes) is 2. The molecule has 0 spiro atoms. The van der Waals surface area contributed by atoms with Crippen molar-refractivity contribution in [2.24, 2.45) is 0 Å². The van der Waals surface area contributed by atoms with Crippen molar-refractivity contribution < 1.29 is 0 Å². The van der Waals surface area contributed by atoms with E-state index >= 15 is 0 Å². The van der Waals surface area contributed by atoms with Gasteiger partial charge < -0.3 is 5.32 Å². The minimum absolute atomic E-state index is 0.823. The number of hydrogen-bond acceptors (Lipinski definition) is 2. The Bertz CT molecular complexity index is 352. The van der Waals surface area contributed by atoms with Crippen LogP contribution in [0, 0.1) is 0 Å². The molecule has 0 aliphatic heterocycles. The molecular formula is C13H23ClIN3. The number of aromatic nitrogens is 2. The van der Waals surface area contributed by atoms with Crippen LogP contribution in [0.3, 0.4) is 0 Å². The van der Waals surface area contributed by atoms with Crippen LogP contribution >= 0.6 is 34.2 Å². The van der Waals surface area contributed by atoms with Crippen LogP contribution in [0.2, 0.25) is 5.02 Å². The highest BCUT2D eigenvalue weighted by atomic mass is 127. The number of hydrogen-bond donors (Lipinski definition) is 1. The van der Waals surface area contributed by atoms with Gasteiger partial charge in [0.25, 0.3) is 0 Å². The Kier molecular flexibility index (Phi) is 8.26. The highest BCUT2D eigenvalue weighted by Crippen LogP contribution is 2.21.